The first-order valence-corrected chi connectivity index (χ1v) is 7.74. The zero-order valence-corrected chi connectivity index (χ0v) is 14.0. The van der Waals surface area contributed by atoms with Crippen LogP contribution in [0.3, 0.4) is 0 Å². The molecule has 2 aromatic carbocycles. The van der Waals surface area contributed by atoms with Gasteiger partial charge in [0.15, 0.2) is 0 Å². The number of halogens is 3. The quantitative estimate of drug-likeness (QED) is 0.819. The Kier molecular flexibility index (Phi) is 5.90. The molecule has 0 unspecified atom stereocenters. The van der Waals surface area contributed by atoms with Crippen LogP contribution in [0.1, 0.15) is 12.0 Å². The summed E-state index contributed by atoms with van der Waals surface area (Å²) in [4.78, 5) is 13.8. The molecule has 25 heavy (non-hydrogen) atoms. The Hall–Kier alpha value is -2.70. The normalized spacial score (nSPS) is 11.1. The SMILES string of the molecule is CN(C)c1ccc(NCCC(=O)Nc2ccc(C(F)(F)F)cc2)cc1. The fourth-order valence-corrected chi connectivity index (χ4v) is 2.16. The highest BCUT2D eigenvalue weighted by Gasteiger charge is 2.29. The lowest BCUT2D eigenvalue weighted by molar-refractivity contribution is -0.137. The topological polar surface area (TPSA) is 44.4 Å². The van der Waals surface area contributed by atoms with Crippen molar-refractivity contribution >= 4 is 23.0 Å². The van der Waals surface area contributed by atoms with Gasteiger partial charge in [-0.3, -0.25) is 4.79 Å². The van der Waals surface area contributed by atoms with Gasteiger partial charge in [0.2, 0.25) is 5.91 Å². The molecule has 2 rings (SSSR count). The Labute approximate surface area is 144 Å². The van der Waals surface area contributed by atoms with Gasteiger partial charge in [-0.25, -0.2) is 0 Å². The van der Waals surface area contributed by atoms with Gasteiger partial charge >= 0.3 is 6.18 Å². The maximum atomic E-state index is 12.5. The first-order valence-electron chi connectivity index (χ1n) is 7.74. The van der Waals surface area contributed by atoms with E-state index in [2.05, 4.69) is 10.6 Å². The van der Waals surface area contributed by atoms with Crippen molar-refractivity contribution in [3.63, 3.8) is 0 Å². The molecule has 0 aliphatic rings. The molecule has 0 aliphatic carbocycles. The van der Waals surface area contributed by atoms with Crippen molar-refractivity contribution in [1.29, 1.82) is 0 Å². The number of rotatable bonds is 6. The molecule has 4 nitrogen and oxygen atoms in total. The van der Waals surface area contributed by atoms with Gasteiger partial charge in [-0.2, -0.15) is 13.2 Å². The molecule has 0 saturated heterocycles. The fraction of sp³-hybridized carbons (Fsp3) is 0.278. The number of nitrogens with one attached hydrogen (secondary N) is 2. The van der Waals surface area contributed by atoms with Crippen LogP contribution in [0.5, 0.6) is 0 Å². The molecular weight excluding hydrogens is 331 g/mol. The number of amides is 1. The molecule has 0 saturated carbocycles. The van der Waals surface area contributed by atoms with Crippen LogP contribution >= 0.6 is 0 Å². The molecule has 0 atom stereocenters. The Balaban J connectivity index is 1.78. The second-order valence-electron chi connectivity index (χ2n) is 5.74. The van der Waals surface area contributed by atoms with E-state index in [9.17, 15) is 18.0 Å². The second kappa shape index (κ2) is 7.92. The molecule has 0 aromatic heterocycles. The van der Waals surface area contributed by atoms with Gasteiger partial charge in [-0.1, -0.05) is 0 Å². The molecule has 0 bridgehead atoms. The first-order chi connectivity index (χ1) is 11.8. The maximum absolute atomic E-state index is 12.5. The van der Waals surface area contributed by atoms with Crippen molar-refractivity contribution in [2.24, 2.45) is 0 Å². The lowest BCUT2D eigenvalue weighted by atomic mass is 10.2. The van der Waals surface area contributed by atoms with E-state index in [0.717, 1.165) is 23.5 Å². The molecule has 2 N–H and O–H groups in total. The minimum Gasteiger partial charge on any atom is -0.385 e. The fourth-order valence-electron chi connectivity index (χ4n) is 2.16. The van der Waals surface area contributed by atoms with Crippen LogP contribution < -0.4 is 15.5 Å². The average molecular weight is 351 g/mol. The van der Waals surface area contributed by atoms with Gasteiger partial charge < -0.3 is 15.5 Å². The molecule has 134 valence electrons. The standard InChI is InChI=1S/C18H20F3N3O/c1-24(2)16-9-7-14(8-10-16)22-12-11-17(25)23-15-5-3-13(4-6-15)18(19,20)21/h3-10,22H,11-12H2,1-2H3,(H,23,25). The molecule has 0 spiro atoms. The van der Waals surface area contributed by atoms with Gasteiger partial charge in [0, 0.05) is 44.1 Å². The molecule has 0 radical (unpaired) electrons. The lowest BCUT2D eigenvalue weighted by Gasteiger charge is -2.13. The number of alkyl halides is 3. The van der Waals surface area contributed by atoms with Crippen molar-refractivity contribution in [3.05, 3.63) is 54.1 Å². The summed E-state index contributed by atoms with van der Waals surface area (Å²) in [5.74, 6) is -0.267. The largest absolute Gasteiger partial charge is 0.416 e. The van der Waals surface area contributed by atoms with Gasteiger partial charge in [-0.05, 0) is 48.5 Å². The smallest absolute Gasteiger partial charge is 0.385 e. The Bertz CT molecular complexity index is 695. The maximum Gasteiger partial charge on any atom is 0.416 e. The van der Waals surface area contributed by atoms with E-state index in [-0.39, 0.29) is 12.3 Å². The van der Waals surface area contributed by atoms with E-state index in [1.54, 1.807) is 0 Å². The van der Waals surface area contributed by atoms with Crippen molar-refractivity contribution in [2.75, 3.05) is 36.2 Å². The summed E-state index contributed by atoms with van der Waals surface area (Å²) in [6.45, 7) is 0.424. The summed E-state index contributed by atoms with van der Waals surface area (Å²) >= 11 is 0. The third-order valence-electron chi connectivity index (χ3n) is 3.56. The monoisotopic (exact) mass is 351 g/mol. The summed E-state index contributed by atoms with van der Waals surface area (Å²) in [7, 11) is 3.90. The van der Waals surface area contributed by atoms with Gasteiger partial charge in [0.25, 0.3) is 0 Å². The summed E-state index contributed by atoms with van der Waals surface area (Å²) in [6, 6.07) is 12.1. The minimum atomic E-state index is -4.38. The molecule has 2 aromatic rings. The number of benzene rings is 2. The Morgan fingerprint density at radius 3 is 2.04 bits per heavy atom. The van der Waals surface area contributed by atoms with E-state index in [1.165, 1.54) is 12.1 Å². The number of carbonyl (C=O) groups is 1. The van der Waals surface area contributed by atoms with Gasteiger partial charge in [0.1, 0.15) is 0 Å². The third kappa shape index (κ3) is 5.70. The van der Waals surface area contributed by atoms with Crippen molar-refractivity contribution < 1.29 is 18.0 Å². The number of nitrogens with zero attached hydrogens (tertiary/aromatic N) is 1. The highest BCUT2D eigenvalue weighted by atomic mass is 19.4. The predicted molar refractivity (Wildman–Crippen MR) is 93.9 cm³/mol. The average Bonchev–Trinajstić information content (AvgIpc) is 2.55. The molecule has 7 heteroatoms. The number of hydrogen-bond donors (Lipinski definition) is 2. The first kappa shape index (κ1) is 18.6. The van der Waals surface area contributed by atoms with E-state index < -0.39 is 11.7 Å². The number of carbonyl (C=O) groups excluding carboxylic acids is 1. The van der Waals surface area contributed by atoms with Crippen LogP contribution in [0.4, 0.5) is 30.2 Å². The van der Waals surface area contributed by atoms with Crippen LogP contribution in [0.2, 0.25) is 0 Å². The van der Waals surface area contributed by atoms with Crippen LogP contribution in [0.15, 0.2) is 48.5 Å². The van der Waals surface area contributed by atoms with E-state index in [0.29, 0.717) is 12.2 Å². The summed E-state index contributed by atoms with van der Waals surface area (Å²) < 4.78 is 37.4. The number of hydrogen-bond acceptors (Lipinski definition) is 3. The van der Waals surface area contributed by atoms with E-state index >= 15 is 0 Å². The molecular formula is C18H20F3N3O. The summed E-state index contributed by atoms with van der Waals surface area (Å²) in [5, 5.41) is 5.71. The van der Waals surface area contributed by atoms with Crippen LogP contribution in [0, 0.1) is 0 Å². The zero-order valence-electron chi connectivity index (χ0n) is 14.0. The molecule has 1 amide bonds. The van der Waals surface area contributed by atoms with Crippen molar-refractivity contribution in [1.82, 2.24) is 0 Å². The van der Waals surface area contributed by atoms with Gasteiger partial charge in [-0.15, -0.1) is 0 Å². The van der Waals surface area contributed by atoms with Crippen LogP contribution in [-0.2, 0) is 11.0 Å². The molecule has 0 fully saturated rings. The van der Waals surface area contributed by atoms with Crippen LogP contribution in [0.25, 0.3) is 0 Å². The Morgan fingerprint density at radius 1 is 0.960 bits per heavy atom. The Morgan fingerprint density at radius 2 is 1.52 bits per heavy atom. The summed E-state index contributed by atoms with van der Waals surface area (Å²) in [6.07, 6.45) is -4.18. The minimum absolute atomic E-state index is 0.205. The second-order valence-corrected chi connectivity index (χ2v) is 5.74. The van der Waals surface area contributed by atoms with E-state index in [1.807, 2.05) is 43.3 Å². The highest BCUT2D eigenvalue weighted by Crippen LogP contribution is 2.29. The summed E-state index contributed by atoms with van der Waals surface area (Å²) in [5.41, 5.74) is 1.57. The lowest BCUT2D eigenvalue weighted by Crippen LogP contribution is -2.16. The molecule has 0 aliphatic heterocycles. The van der Waals surface area contributed by atoms with Crippen molar-refractivity contribution in [3.8, 4) is 0 Å². The van der Waals surface area contributed by atoms with Crippen molar-refractivity contribution in [2.45, 2.75) is 12.6 Å². The zero-order chi connectivity index (χ0) is 18.4. The van der Waals surface area contributed by atoms with E-state index in [4.69, 9.17) is 0 Å². The molecule has 0 heterocycles. The third-order valence-corrected chi connectivity index (χ3v) is 3.56. The van der Waals surface area contributed by atoms with Gasteiger partial charge in [0.05, 0.1) is 5.56 Å². The van der Waals surface area contributed by atoms with Crippen LogP contribution in [-0.4, -0.2) is 26.5 Å². The highest BCUT2D eigenvalue weighted by molar-refractivity contribution is 5.91. The number of anilines is 3. The predicted octanol–water partition coefficient (Wildman–Crippen LogP) is 4.21.